The van der Waals surface area contributed by atoms with Crippen LogP contribution >= 0.6 is 0 Å². The van der Waals surface area contributed by atoms with E-state index in [0.717, 1.165) is 15.6 Å². The maximum Gasteiger partial charge on any atom is 0.330 e. The highest BCUT2D eigenvalue weighted by Crippen LogP contribution is 2.12. The Balaban J connectivity index is 2.12. The predicted molar refractivity (Wildman–Crippen MR) is 75.8 cm³/mol. The quantitative estimate of drug-likeness (QED) is 0.680. The molecule has 0 aliphatic rings. The van der Waals surface area contributed by atoms with Crippen molar-refractivity contribution in [1.29, 1.82) is 0 Å². The smallest absolute Gasteiger partial charge is 0.325 e. The van der Waals surface area contributed by atoms with Crippen molar-refractivity contribution in [2.45, 2.75) is 6.54 Å². The maximum absolute atomic E-state index is 11.9. The molecule has 0 aliphatic carbocycles. The number of fused-ring (bicyclic) bond motifs is 1. The van der Waals surface area contributed by atoms with E-state index in [4.69, 9.17) is 0 Å². The first-order chi connectivity index (χ1) is 9.58. The molecule has 0 atom stereocenters. The third-order valence-electron chi connectivity index (χ3n) is 3.49. The largest absolute Gasteiger partial charge is 0.330 e. The molecule has 0 saturated heterocycles. The summed E-state index contributed by atoms with van der Waals surface area (Å²) in [4.78, 5) is 27.9. The lowest BCUT2D eigenvalue weighted by molar-refractivity contribution is 0.629. The molecule has 20 heavy (non-hydrogen) atoms. The van der Waals surface area contributed by atoms with Crippen LogP contribution in [0.1, 0.15) is 5.69 Å². The van der Waals surface area contributed by atoms with Gasteiger partial charge in [-0.05, 0) is 12.1 Å². The molecule has 0 saturated carbocycles. The first kappa shape index (κ1) is 12.4. The second kappa shape index (κ2) is 4.48. The Morgan fingerprint density at radius 3 is 2.65 bits per heavy atom. The Morgan fingerprint density at radius 2 is 1.85 bits per heavy atom. The molecule has 0 aliphatic heterocycles. The number of hydrogen-bond acceptors (Lipinski definition) is 3. The summed E-state index contributed by atoms with van der Waals surface area (Å²) in [5.74, 6) is 0. The van der Waals surface area contributed by atoms with Gasteiger partial charge in [0.1, 0.15) is 0 Å². The summed E-state index contributed by atoms with van der Waals surface area (Å²) < 4.78 is 4.50. The third-order valence-corrected chi connectivity index (χ3v) is 3.49. The summed E-state index contributed by atoms with van der Waals surface area (Å²) in [5.41, 5.74) is 1.90. The van der Waals surface area contributed by atoms with E-state index in [9.17, 15) is 9.59 Å². The Bertz CT molecular complexity index is 901. The lowest BCUT2D eigenvalue weighted by Gasteiger charge is -2.10. The van der Waals surface area contributed by atoms with Crippen molar-refractivity contribution < 1.29 is 0 Å². The van der Waals surface area contributed by atoms with Crippen LogP contribution in [-0.4, -0.2) is 18.7 Å². The van der Waals surface area contributed by atoms with E-state index < -0.39 is 0 Å². The van der Waals surface area contributed by atoms with E-state index in [0.29, 0.717) is 12.2 Å². The minimum absolute atomic E-state index is 0.299. The molecule has 102 valence electrons. The van der Waals surface area contributed by atoms with Crippen LogP contribution in [0.2, 0.25) is 0 Å². The van der Waals surface area contributed by atoms with Gasteiger partial charge in [0.2, 0.25) is 0 Å². The molecule has 0 N–H and O–H groups in total. The molecule has 0 spiro atoms. The highest BCUT2D eigenvalue weighted by Gasteiger charge is 2.08. The molecule has 2 heterocycles. The fourth-order valence-corrected chi connectivity index (χ4v) is 2.24. The zero-order chi connectivity index (χ0) is 14.3. The number of rotatable bonds is 2. The van der Waals surface area contributed by atoms with Gasteiger partial charge < -0.3 is 4.57 Å². The predicted octanol–water partition coefficient (Wildman–Crippen LogP) is 0.482. The number of nitrogens with zero attached hydrogens (tertiary/aromatic N) is 4. The summed E-state index contributed by atoms with van der Waals surface area (Å²) in [6.07, 6.45) is 1.71. The number of aromatic nitrogens is 4. The first-order valence-electron chi connectivity index (χ1n) is 6.24. The average molecular weight is 270 g/mol. The Kier molecular flexibility index (Phi) is 2.78. The fraction of sp³-hybridized carbons (Fsp3) is 0.214. The van der Waals surface area contributed by atoms with Gasteiger partial charge >= 0.3 is 5.69 Å². The van der Waals surface area contributed by atoms with Gasteiger partial charge in [0, 0.05) is 25.9 Å². The molecule has 6 heteroatoms. The molecule has 1 aromatic carbocycles. The lowest BCUT2D eigenvalue weighted by Crippen LogP contribution is -2.38. The van der Waals surface area contributed by atoms with Gasteiger partial charge in [-0.2, -0.15) is 0 Å². The van der Waals surface area contributed by atoms with Gasteiger partial charge in [0.15, 0.2) is 0 Å². The van der Waals surface area contributed by atoms with Crippen LogP contribution in [0.15, 0.2) is 46.2 Å². The van der Waals surface area contributed by atoms with Crippen LogP contribution in [0.25, 0.3) is 11.0 Å². The fourth-order valence-electron chi connectivity index (χ4n) is 2.24. The van der Waals surface area contributed by atoms with Crippen molar-refractivity contribution in [3.05, 3.63) is 63.2 Å². The highest BCUT2D eigenvalue weighted by molar-refractivity contribution is 5.74. The second-order valence-electron chi connectivity index (χ2n) is 4.74. The molecule has 0 radical (unpaired) electrons. The van der Waals surface area contributed by atoms with E-state index in [1.54, 1.807) is 13.4 Å². The molecule has 2 aromatic heterocycles. The van der Waals surface area contributed by atoms with Crippen molar-refractivity contribution in [1.82, 2.24) is 18.7 Å². The Morgan fingerprint density at radius 1 is 1.10 bits per heavy atom. The van der Waals surface area contributed by atoms with Crippen LogP contribution in [0, 0.1) is 0 Å². The van der Waals surface area contributed by atoms with Crippen LogP contribution in [-0.2, 0) is 20.6 Å². The topological polar surface area (TPSA) is 61.8 Å². The van der Waals surface area contributed by atoms with E-state index >= 15 is 0 Å². The van der Waals surface area contributed by atoms with Crippen molar-refractivity contribution in [3.63, 3.8) is 0 Å². The number of para-hydroxylation sites is 2. The van der Waals surface area contributed by atoms with Crippen LogP contribution in [0.4, 0.5) is 0 Å². The molecule has 6 nitrogen and oxygen atoms in total. The SMILES string of the molecule is Cn1c(Cn2cnc3ccccc32)cc(=O)n(C)c1=O. The van der Waals surface area contributed by atoms with Gasteiger partial charge in [-0.3, -0.25) is 13.9 Å². The second-order valence-corrected chi connectivity index (χ2v) is 4.74. The minimum atomic E-state index is -0.322. The molecule has 3 rings (SSSR count). The monoisotopic (exact) mass is 270 g/mol. The lowest BCUT2D eigenvalue weighted by atomic mass is 10.3. The summed E-state index contributed by atoms with van der Waals surface area (Å²) in [6.45, 7) is 0.433. The maximum atomic E-state index is 11.9. The van der Waals surface area contributed by atoms with E-state index in [1.165, 1.54) is 17.7 Å². The van der Waals surface area contributed by atoms with Crippen molar-refractivity contribution in [2.24, 2.45) is 14.1 Å². The van der Waals surface area contributed by atoms with Gasteiger partial charge in [0.25, 0.3) is 5.56 Å². The average Bonchev–Trinajstić information content (AvgIpc) is 2.86. The number of benzene rings is 1. The standard InChI is InChI=1S/C14H14N4O2/c1-16-10(7-13(19)17(2)14(16)20)8-18-9-15-11-5-3-4-6-12(11)18/h3-7,9H,8H2,1-2H3. The van der Waals surface area contributed by atoms with E-state index in [2.05, 4.69) is 4.98 Å². The molecule has 0 unspecified atom stereocenters. The Hall–Kier alpha value is -2.63. The first-order valence-corrected chi connectivity index (χ1v) is 6.24. The van der Waals surface area contributed by atoms with Gasteiger partial charge in [-0.15, -0.1) is 0 Å². The molecule has 0 bridgehead atoms. The molecule has 0 amide bonds. The number of hydrogen-bond donors (Lipinski definition) is 0. The van der Waals surface area contributed by atoms with Crippen LogP contribution in [0.3, 0.4) is 0 Å². The summed E-state index contributed by atoms with van der Waals surface area (Å²) in [5, 5.41) is 0. The number of imidazole rings is 1. The minimum Gasteiger partial charge on any atom is -0.325 e. The normalized spacial score (nSPS) is 11.1. The zero-order valence-electron chi connectivity index (χ0n) is 11.3. The molecule has 0 fully saturated rings. The van der Waals surface area contributed by atoms with Crippen LogP contribution < -0.4 is 11.2 Å². The molecular formula is C14H14N4O2. The highest BCUT2D eigenvalue weighted by atomic mass is 16.2. The van der Waals surface area contributed by atoms with Crippen molar-refractivity contribution >= 4 is 11.0 Å². The third kappa shape index (κ3) is 1.85. The molecule has 3 aromatic rings. The Labute approximate surface area is 114 Å². The van der Waals surface area contributed by atoms with Crippen molar-refractivity contribution in [3.8, 4) is 0 Å². The summed E-state index contributed by atoms with van der Waals surface area (Å²) in [6, 6.07) is 9.23. The summed E-state index contributed by atoms with van der Waals surface area (Å²) >= 11 is 0. The van der Waals surface area contributed by atoms with Crippen LogP contribution in [0.5, 0.6) is 0 Å². The van der Waals surface area contributed by atoms with Gasteiger partial charge in [-0.25, -0.2) is 9.78 Å². The van der Waals surface area contributed by atoms with E-state index in [1.807, 2.05) is 28.8 Å². The molecular weight excluding hydrogens is 256 g/mol. The van der Waals surface area contributed by atoms with Gasteiger partial charge in [-0.1, -0.05) is 12.1 Å². The van der Waals surface area contributed by atoms with Crippen molar-refractivity contribution in [2.75, 3.05) is 0 Å². The van der Waals surface area contributed by atoms with E-state index in [-0.39, 0.29) is 11.2 Å². The zero-order valence-corrected chi connectivity index (χ0v) is 11.3. The van der Waals surface area contributed by atoms with Gasteiger partial charge in [0.05, 0.1) is 23.9 Å². The summed E-state index contributed by atoms with van der Waals surface area (Å²) in [7, 11) is 3.14.